The van der Waals surface area contributed by atoms with Crippen LogP contribution in [0.1, 0.15) is 18.1 Å². The SMILES string of the molecule is C=C(N)S/C=C(\C)c1ccc(C#N)cc1. The summed E-state index contributed by atoms with van der Waals surface area (Å²) in [6.45, 7) is 5.60. The first-order valence-electron chi connectivity index (χ1n) is 4.42. The van der Waals surface area contributed by atoms with E-state index in [1.54, 1.807) is 12.1 Å². The van der Waals surface area contributed by atoms with Crippen LogP contribution in [0.5, 0.6) is 0 Å². The molecule has 0 aliphatic heterocycles. The molecule has 0 amide bonds. The quantitative estimate of drug-likeness (QED) is 0.844. The zero-order valence-electron chi connectivity index (χ0n) is 8.53. The predicted molar refractivity (Wildman–Crippen MR) is 65.7 cm³/mol. The van der Waals surface area contributed by atoms with Gasteiger partial charge in [-0.2, -0.15) is 5.26 Å². The minimum absolute atomic E-state index is 0.572. The van der Waals surface area contributed by atoms with Crippen LogP contribution in [0.2, 0.25) is 0 Å². The van der Waals surface area contributed by atoms with Gasteiger partial charge in [0.1, 0.15) is 0 Å². The highest BCUT2D eigenvalue weighted by atomic mass is 32.2. The number of allylic oxidation sites excluding steroid dienone is 1. The number of nitrogens with two attached hydrogens (primary N) is 1. The second kappa shape index (κ2) is 5.28. The van der Waals surface area contributed by atoms with Gasteiger partial charge < -0.3 is 5.73 Å². The van der Waals surface area contributed by atoms with E-state index in [4.69, 9.17) is 11.0 Å². The van der Waals surface area contributed by atoms with Crippen LogP contribution in [0.4, 0.5) is 0 Å². The van der Waals surface area contributed by atoms with E-state index in [0.29, 0.717) is 10.6 Å². The molecule has 0 aliphatic rings. The van der Waals surface area contributed by atoms with E-state index in [1.807, 2.05) is 24.5 Å². The molecule has 0 heterocycles. The monoisotopic (exact) mass is 216 g/mol. The minimum atomic E-state index is 0.572. The van der Waals surface area contributed by atoms with Gasteiger partial charge in [-0.25, -0.2) is 0 Å². The summed E-state index contributed by atoms with van der Waals surface area (Å²) in [6, 6.07) is 9.53. The number of nitrogens with zero attached hydrogens (tertiary/aromatic N) is 1. The lowest BCUT2D eigenvalue weighted by Crippen LogP contribution is -1.86. The Morgan fingerprint density at radius 3 is 2.53 bits per heavy atom. The highest BCUT2D eigenvalue weighted by Crippen LogP contribution is 2.20. The summed E-state index contributed by atoms with van der Waals surface area (Å²) in [7, 11) is 0. The number of hydrogen-bond donors (Lipinski definition) is 1. The Morgan fingerprint density at radius 1 is 1.47 bits per heavy atom. The summed E-state index contributed by atoms with van der Waals surface area (Å²) in [5, 5.41) is 11.2. The Bertz CT molecular complexity index is 424. The predicted octanol–water partition coefficient (Wildman–Crippen LogP) is 3.08. The summed E-state index contributed by atoms with van der Waals surface area (Å²) in [5.74, 6) is 0. The van der Waals surface area contributed by atoms with Crippen molar-refractivity contribution in [2.24, 2.45) is 5.73 Å². The molecule has 0 unspecified atom stereocenters. The van der Waals surface area contributed by atoms with E-state index >= 15 is 0 Å². The number of benzene rings is 1. The van der Waals surface area contributed by atoms with Crippen molar-refractivity contribution in [3.05, 3.63) is 52.4 Å². The molecule has 2 nitrogen and oxygen atoms in total. The number of nitriles is 1. The van der Waals surface area contributed by atoms with Crippen LogP contribution in [0, 0.1) is 11.3 Å². The van der Waals surface area contributed by atoms with Crippen LogP contribution in [0.25, 0.3) is 5.57 Å². The second-order valence-electron chi connectivity index (χ2n) is 3.07. The molecular weight excluding hydrogens is 204 g/mol. The van der Waals surface area contributed by atoms with Gasteiger partial charge in [-0.3, -0.25) is 0 Å². The second-order valence-corrected chi connectivity index (χ2v) is 4.07. The third-order valence-electron chi connectivity index (χ3n) is 1.86. The third kappa shape index (κ3) is 3.53. The van der Waals surface area contributed by atoms with Crippen LogP contribution in [0.15, 0.2) is 41.3 Å². The fraction of sp³-hybridized carbons (Fsp3) is 0.0833. The molecule has 1 aromatic carbocycles. The largest absolute Gasteiger partial charge is 0.394 e. The lowest BCUT2D eigenvalue weighted by Gasteiger charge is -2.01. The maximum Gasteiger partial charge on any atom is 0.0991 e. The first-order chi connectivity index (χ1) is 7.13. The molecule has 2 N–H and O–H groups in total. The maximum atomic E-state index is 8.65. The van der Waals surface area contributed by atoms with Gasteiger partial charge in [0.25, 0.3) is 0 Å². The van der Waals surface area contributed by atoms with Crippen molar-refractivity contribution in [3.63, 3.8) is 0 Å². The fourth-order valence-corrected chi connectivity index (χ4v) is 1.50. The number of hydrogen-bond acceptors (Lipinski definition) is 3. The van der Waals surface area contributed by atoms with E-state index in [-0.39, 0.29) is 0 Å². The summed E-state index contributed by atoms with van der Waals surface area (Å²) in [5.41, 5.74) is 8.31. The minimum Gasteiger partial charge on any atom is -0.394 e. The summed E-state index contributed by atoms with van der Waals surface area (Å²) >= 11 is 1.40. The zero-order chi connectivity index (χ0) is 11.3. The molecule has 0 saturated heterocycles. The van der Waals surface area contributed by atoms with Crippen molar-refractivity contribution in [3.8, 4) is 6.07 Å². The molecule has 0 atom stereocenters. The first kappa shape index (κ1) is 11.4. The molecular formula is C12H12N2S. The molecule has 0 bridgehead atoms. The van der Waals surface area contributed by atoms with Crippen molar-refractivity contribution in [1.82, 2.24) is 0 Å². The van der Waals surface area contributed by atoms with Gasteiger partial charge in [0.15, 0.2) is 0 Å². The van der Waals surface area contributed by atoms with Crippen LogP contribution in [-0.2, 0) is 0 Å². The van der Waals surface area contributed by atoms with E-state index in [1.165, 1.54) is 11.8 Å². The molecule has 3 heteroatoms. The smallest absolute Gasteiger partial charge is 0.0991 e. The summed E-state index contributed by atoms with van der Waals surface area (Å²) < 4.78 is 0. The standard InChI is InChI=1S/C12H12N2S/c1-9(8-15-10(2)14)12-5-3-11(7-13)4-6-12/h3-6,8H,2,14H2,1H3/b9-8+. The van der Waals surface area contributed by atoms with Crippen LogP contribution in [-0.4, -0.2) is 0 Å². The normalized spacial score (nSPS) is 10.8. The number of thioether (sulfide) groups is 1. The Balaban J connectivity index is 2.83. The Hall–Kier alpha value is -1.66. The lowest BCUT2D eigenvalue weighted by molar-refractivity contribution is 1.47. The lowest BCUT2D eigenvalue weighted by atomic mass is 10.1. The summed E-state index contributed by atoms with van der Waals surface area (Å²) in [4.78, 5) is 0. The van der Waals surface area contributed by atoms with Crippen molar-refractivity contribution in [1.29, 1.82) is 5.26 Å². The fourth-order valence-electron chi connectivity index (χ4n) is 1.04. The van der Waals surface area contributed by atoms with Gasteiger partial charge >= 0.3 is 0 Å². The van der Waals surface area contributed by atoms with Crippen molar-refractivity contribution < 1.29 is 0 Å². The highest BCUT2D eigenvalue weighted by molar-refractivity contribution is 8.05. The highest BCUT2D eigenvalue weighted by Gasteiger charge is 1.96. The molecule has 15 heavy (non-hydrogen) atoms. The van der Waals surface area contributed by atoms with Gasteiger partial charge in [-0.1, -0.05) is 30.5 Å². The Kier molecular flexibility index (Phi) is 4.02. The average Bonchev–Trinajstić information content (AvgIpc) is 2.26. The van der Waals surface area contributed by atoms with E-state index < -0.39 is 0 Å². The van der Waals surface area contributed by atoms with Gasteiger partial charge in [-0.05, 0) is 35.6 Å². The van der Waals surface area contributed by atoms with Crippen LogP contribution < -0.4 is 5.73 Å². The first-order valence-corrected chi connectivity index (χ1v) is 5.30. The maximum absolute atomic E-state index is 8.65. The molecule has 1 aromatic rings. The van der Waals surface area contributed by atoms with Gasteiger partial charge in [0.2, 0.25) is 0 Å². The molecule has 0 aromatic heterocycles. The zero-order valence-corrected chi connectivity index (χ0v) is 9.34. The molecule has 1 rings (SSSR count). The molecule has 76 valence electrons. The van der Waals surface area contributed by atoms with Gasteiger partial charge in [0, 0.05) is 0 Å². The van der Waals surface area contributed by atoms with Gasteiger partial charge in [-0.15, -0.1) is 0 Å². The van der Waals surface area contributed by atoms with E-state index in [9.17, 15) is 0 Å². The molecule has 0 fully saturated rings. The topological polar surface area (TPSA) is 49.8 Å². The van der Waals surface area contributed by atoms with Gasteiger partial charge in [0.05, 0.1) is 16.7 Å². The van der Waals surface area contributed by atoms with Crippen LogP contribution in [0.3, 0.4) is 0 Å². The van der Waals surface area contributed by atoms with Crippen molar-refractivity contribution in [2.75, 3.05) is 0 Å². The van der Waals surface area contributed by atoms with Crippen molar-refractivity contribution in [2.45, 2.75) is 6.92 Å². The Labute approximate surface area is 94.1 Å². The molecule has 0 radical (unpaired) electrons. The molecule has 0 aliphatic carbocycles. The van der Waals surface area contributed by atoms with E-state index in [0.717, 1.165) is 11.1 Å². The average molecular weight is 216 g/mol. The Morgan fingerprint density at radius 2 is 2.07 bits per heavy atom. The van der Waals surface area contributed by atoms with Crippen molar-refractivity contribution >= 4 is 17.3 Å². The van der Waals surface area contributed by atoms with E-state index in [2.05, 4.69) is 12.6 Å². The van der Waals surface area contributed by atoms with Crippen LogP contribution >= 0.6 is 11.8 Å². The third-order valence-corrected chi connectivity index (χ3v) is 2.63. The molecule has 0 saturated carbocycles. The summed E-state index contributed by atoms with van der Waals surface area (Å²) in [6.07, 6.45) is 0. The number of rotatable bonds is 3. The molecule has 0 spiro atoms.